The lowest BCUT2D eigenvalue weighted by Gasteiger charge is -2.14. The summed E-state index contributed by atoms with van der Waals surface area (Å²) in [5.41, 5.74) is 0.442. The third-order valence-electron chi connectivity index (χ3n) is 3.74. The highest BCUT2D eigenvalue weighted by molar-refractivity contribution is 7.98. The molecule has 0 saturated heterocycles. The molecule has 0 bridgehead atoms. The van der Waals surface area contributed by atoms with Gasteiger partial charge in [-0.2, -0.15) is 0 Å². The van der Waals surface area contributed by atoms with Gasteiger partial charge in [-0.05, 0) is 6.92 Å². The van der Waals surface area contributed by atoms with Gasteiger partial charge in [0.1, 0.15) is 12.3 Å². The standard InChI is InChI=1S/C17H19N5O4S/c1-11-6-15(20-26-11)19-16(24)9-22-8-14(25-3)13(23)7-12(22)10-27-17-18-4-5-21(17)2/h4-8H,9-10H2,1-3H3,(H,19,20,24). The second-order valence-corrected chi connectivity index (χ2v) is 6.75. The van der Waals surface area contributed by atoms with E-state index in [1.54, 1.807) is 23.8 Å². The number of aromatic nitrogens is 4. The van der Waals surface area contributed by atoms with Gasteiger partial charge in [0.2, 0.25) is 11.3 Å². The third-order valence-corrected chi connectivity index (χ3v) is 4.83. The zero-order valence-corrected chi connectivity index (χ0v) is 15.9. The molecule has 9 nitrogen and oxygen atoms in total. The van der Waals surface area contributed by atoms with Crippen molar-refractivity contribution in [3.05, 3.63) is 52.4 Å². The molecule has 3 aromatic heterocycles. The predicted octanol–water partition coefficient (Wildman–Crippen LogP) is 1.82. The quantitative estimate of drug-likeness (QED) is 0.615. The van der Waals surface area contributed by atoms with Crippen LogP contribution in [0.2, 0.25) is 0 Å². The van der Waals surface area contributed by atoms with E-state index in [1.807, 2.05) is 17.8 Å². The maximum atomic E-state index is 12.4. The van der Waals surface area contributed by atoms with Crippen LogP contribution < -0.4 is 15.5 Å². The topological polar surface area (TPSA) is 104 Å². The number of imidazole rings is 1. The molecule has 0 unspecified atom stereocenters. The molecule has 3 heterocycles. The van der Waals surface area contributed by atoms with E-state index in [-0.39, 0.29) is 23.6 Å². The maximum absolute atomic E-state index is 12.4. The zero-order chi connectivity index (χ0) is 19.4. The average Bonchev–Trinajstić information content (AvgIpc) is 3.22. The number of nitrogens with zero attached hydrogens (tertiary/aromatic N) is 4. The fraction of sp³-hybridized carbons (Fsp3) is 0.294. The summed E-state index contributed by atoms with van der Waals surface area (Å²) in [5.74, 6) is 1.29. The van der Waals surface area contributed by atoms with E-state index < -0.39 is 0 Å². The number of nitrogens with one attached hydrogen (secondary N) is 1. The summed E-state index contributed by atoms with van der Waals surface area (Å²) in [7, 11) is 3.31. The molecule has 0 radical (unpaired) electrons. The summed E-state index contributed by atoms with van der Waals surface area (Å²) >= 11 is 1.47. The predicted molar refractivity (Wildman–Crippen MR) is 99.9 cm³/mol. The number of rotatable bonds is 7. The van der Waals surface area contributed by atoms with Gasteiger partial charge in [0.25, 0.3) is 0 Å². The van der Waals surface area contributed by atoms with Gasteiger partial charge in [-0.3, -0.25) is 9.59 Å². The summed E-state index contributed by atoms with van der Waals surface area (Å²) in [6, 6.07) is 3.10. The van der Waals surface area contributed by atoms with Crippen molar-refractivity contribution in [1.82, 2.24) is 19.3 Å². The van der Waals surface area contributed by atoms with Crippen molar-refractivity contribution < 1.29 is 14.1 Å². The van der Waals surface area contributed by atoms with Gasteiger partial charge in [0, 0.05) is 43.0 Å². The molecule has 0 atom stereocenters. The monoisotopic (exact) mass is 389 g/mol. The molecule has 10 heteroatoms. The van der Waals surface area contributed by atoms with Gasteiger partial charge < -0.3 is 23.7 Å². The summed E-state index contributed by atoms with van der Waals surface area (Å²) in [6.45, 7) is 1.74. The molecule has 0 saturated carbocycles. The smallest absolute Gasteiger partial charge is 0.245 e. The highest BCUT2D eigenvalue weighted by Crippen LogP contribution is 2.21. The van der Waals surface area contributed by atoms with E-state index in [9.17, 15) is 9.59 Å². The molecular weight excluding hydrogens is 370 g/mol. The molecule has 0 aliphatic carbocycles. The minimum absolute atomic E-state index is 0.000986. The Kier molecular flexibility index (Phi) is 5.65. The van der Waals surface area contributed by atoms with Crippen molar-refractivity contribution in [2.45, 2.75) is 24.4 Å². The first kappa shape index (κ1) is 18.8. The lowest BCUT2D eigenvalue weighted by Crippen LogP contribution is -2.23. The number of carbonyl (C=O) groups is 1. The summed E-state index contributed by atoms with van der Waals surface area (Å²) in [6.07, 6.45) is 5.08. The summed E-state index contributed by atoms with van der Waals surface area (Å²) in [5, 5.41) is 7.22. The number of anilines is 1. The second kappa shape index (κ2) is 8.12. The van der Waals surface area contributed by atoms with Crippen LogP contribution in [0.4, 0.5) is 5.82 Å². The first-order chi connectivity index (χ1) is 13.0. The molecule has 142 valence electrons. The van der Waals surface area contributed by atoms with Crippen molar-refractivity contribution in [2.24, 2.45) is 7.05 Å². The van der Waals surface area contributed by atoms with Crippen LogP contribution in [-0.4, -0.2) is 32.3 Å². The number of methoxy groups -OCH3 is 1. The number of aryl methyl sites for hydroxylation is 2. The van der Waals surface area contributed by atoms with Crippen LogP contribution in [0.5, 0.6) is 5.75 Å². The Hall–Kier alpha value is -3.01. The largest absolute Gasteiger partial charge is 0.491 e. The fourth-order valence-corrected chi connectivity index (χ4v) is 3.34. The molecule has 27 heavy (non-hydrogen) atoms. The first-order valence-electron chi connectivity index (χ1n) is 8.07. The average molecular weight is 389 g/mol. The van der Waals surface area contributed by atoms with Crippen LogP contribution >= 0.6 is 11.8 Å². The van der Waals surface area contributed by atoms with Crippen molar-refractivity contribution in [1.29, 1.82) is 0 Å². The van der Waals surface area contributed by atoms with Crippen LogP contribution in [0.3, 0.4) is 0 Å². The van der Waals surface area contributed by atoms with Crippen molar-refractivity contribution in [3.63, 3.8) is 0 Å². The minimum Gasteiger partial charge on any atom is -0.491 e. The zero-order valence-electron chi connectivity index (χ0n) is 15.1. The van der Waals surface area contributed by atoms with E-state index in [4.69, 9.17) is 9.26 Å². The second-order valence-electron chi connectivity index (χ2n) is 5.81. The van der Waals surface area contributed by atoms with Gasteiger partial charge in [0.05, 0.1) is 13.3 Å². The van der Waals surface area contributed by atoms with Crippen LogP contribution in [0.25, 0.3) is 0 Å². The number of carbonyl (C=O) groups excluding carboxylic acids is 1. The van der Waals surface area contributed by atoms with Crippen molar-refractivity contribution in [2.75, 3.05) is 12.4 Å². The Bertz CT molecular complexity index is 1010. The highest BCUT2D eigenvalue weighted by Gasteiger charge is 2.13. The Morgan fingerprint density at radius 1 is 1.41 bits per heavy atom. The molecule has 0 aliphatic rings. The van der Waals surface area contributed by atoms with Crippen LogP contribution in [0, 0.1) is 6.92 Å². The van der Waals surface area contributed by atoms with Crippen LogP contribution in [0.1, 0.15) is 11.5 Å². The van der Waals surface area contributed by atoms with E-state index in [1.165, 1.54) is 31.1 Å². The van der Waals surface area contributed by atoms with Crippen molar-refractivity contribution in [3.8, 4) is 5.75 Å². The minimum atomic E-state index is -0.294. The molecule has 3 aromatic rings. The molecule has 1 amide bonds. The van der Waals surface area contributed by atoms with E-state index in [0.717, 1.165) is 5.16 Å². The Morgan fingerprint density at radius 3 is 2.85 bits per heavy atom. The van der Waals surface area contributed by atoms with Gasteiger partial charge >= 0.3 is 0 Å². The van der Waals surface area contributed by atoms with Gasteiger partial charge in [0.15, 0.2) is 16.7 Å². The summed E-state index contributed by atoms with van der Waals surface area (Å²) in [4.78, 5) is 28.8. The van der Waals surface area contributed by atoms with E-state index >= 15 is 0 Å². The van der Waals surface area contributed by atoms with Gasteiger partial charge in [-0.15, -0.1) is 0 Å². The normalized spacial score (nSPS) is 10.8. The number of pyridine rings is 1. The van der Waals surface area contributed by atoms with E-state index in [0.29, 0.717) is 23.0 Å². The Labute approximate surface area is 159 Å². The summed E-state index contributed by atoms with van der Waals surface area (Å²) < 4.78 is 13.6. The SMILES string of the molecule is COc1cn(CC(=O)Nc2cc(C)on2)c(CSc2nccn2C)cc1=O. The molecule has 0 spiro atoms. The Morgan fingerprint density at radius 2 is 2.22 bits per heavy atom. The lowest BCUT2D eigenvalue weighted by atomic mass is 10.3. The van der Waals surface area contributed by atoms with Crippen LogP contribution in [0.15, 0.2) is 45.2 Å². The fourth-order valence-electron chi connectivity index (χ4n) is 2.41. The molecular formula is C17H19N5O4S. The molecule has 1 N–H and O–H groups in total. The molecule has 3 rings (SSSR count). The molecule has 0 aliphatic heterocycles. The maximum Gasteiger partial charge on any atom is 0.245 e. The molecule has 0 aromatic carbocycles. The number of amides is 1. The third kappa shape index (κ3) is 4.59. The number of hydrogen-bond acceptors (Lipinski definition) is 7. The highest BCUT2D eigenvalue weighted by atomic mass is 32.2. The first-order valence-corrected chi connectivity index (χ1v) is 9.05. The Balaban J connectivity index is 1.79. The molecule has 0 fully saturated rings. The van der Waals surface area contributed by atoms with Gasteiger partial charge in [-0.1, -0.05) is 16.9 Å². The number of ether oxygens (including phenoxy) is 1. The van der Waals surface area contributed by atoms with Crippen molar-refractivity contribution >= 4 is 23.5 Å². The number of hydrogen-bond donors (Lipinski definition) is 1. The van der Waals surface area contributed by atoms with E-state index in [2.05, 4.69) is 15.5 Å². The van der Waals surface area contributed by atoms with Crippen LogP contribution in [-0.2, 0) is 24.1 Å². The lowest BCUT2D eigenvalue weighted by molar-refractivity contribution is -0.116. The number of thioether (sulfide) groups is 1. The van der Waals surface area contributed by atoms with Gasteiger partial charge in [-0.25, -0.2) is 4.98 Å².